The van der Waals surface area contributed by atoms with E-state index in [2.05, 4.69) is 27.4 Å². The number of rotatable bonds is 4. The Morgan fingerprint density at radius 3 is 2.91 bits per heavy atom. The molecule has 1 N–H and O–H groups in total. The molecule has 0 unspecified atom stereocenters. The van der Waals surface area contributed by atoms with E-state index in [4.69, 9.17) is 17.0 Å². The van der Waals surface area contributed by atoms with E-state index in [1.54, 1.807) is 18.0 Å². The van der Waals surface area contributed by atoms with Gasteiger partial charge in [-0.25, -0.2) is 0 Å². The molecule has 0 saturated carbocycles. The van der Waals surface area contributed by atoms with E-state index in [1.165, 1.54) is 0 Å². The standard InChI is InChI=1S/C16H16N4OS/c1-3-15-18-19-16(22)20(15)17-10-13-12-7-5-4-6-11(12)8-9-14(13)21-2/h4-10H,3H2,1-2H3,(H,19,22). The third-order valence-electron chi connectivity index (χ3n) is 3.49. The van der Waals surface area contributed by atoms with Gasteiger partial charge in [0.1, 0.15) is 5.75 Å². The largest absolute Gasteiger partial charge is 0.496 e. The van der Waals surface area contributed by atoms with E-state index in [1.807, 2.05) is 31.2 Å². The number of methoxy groups -OCH3 is 1. The summed E-state index contributed by atoms with van der Waals surface area (Å²) in [5, 5.41) is 13.6. The highest BCUT2D eigenvalue weighted by Crippen LogP contribution is 2.26. The van der Waals surface area contributed by atoms with E-state index in [-0.39, 0.29) is 0 Å². The summed E-state index contributed by atoms with van der Waals surface area (Å²) in [6.07, 6.45) is 2.52. The lowest BCUT2D eigenvalue weighted by Gasteiger charge is -2.08. The first kappa shape index (κ1) is 14.5. The maximum atomic E-state index is 5.46. The molecule has 1 heterocycles. The Balaban J connectivity index is 2.15. The normalized spacial score (nSPS) is 11.4. The summed E-state index contributed by atoms with van der Waals surface area (Å²) in [5.74, 6) is 1.57. The zero-order chi connectivity index (χ0) is 15.5. The van der Waals surface area contributed by atoms with Crippen molar-refractivity contribution in [2.24, 2.45) is 5.10 Å². The molecule has 22 heavy (non-hydrogen) atoms. The average molecular weight is 312 g/mol. The maximum absolute atomic E-state index is 5.46. The first-order valence-corrected chi connectivity index (χ1v) is 7.41. The zero-order valence-electron chi connectivity index (χ0n) is 12.4. The molecule has 3 aromatic rings. The van der Waals surface area contributed by atoms with Crippen LogP contribution in [0.5, 0.6) is 5.75 Å². The quantitative estimate of drug-likeness (QED) is 0.592. The second kappa shape index (κ2) is 6.11. The molecule has 0 radical (unpaired) electrons. The van der Waals surface area contributed by atoms with Gasteiger partial charge in [-0.05, 0) is 29.1 Å². The Morgan fingerprint density at radius 1 is 1.32 bits per heavy atom. The van der Waals surface area contributed by atoms with Gasteiger partial charge in [-0.1, -0.05) is 37.3 Å². The lowest BCUT2D eigenvalue weighted by Crippen LogP contribution is -1.99. The summed E-state index contributed by atoms with van der Waals surface area (Å²) in [7, 11) is 1.66. The molecule has 6 heteroatoms. The van der Waals surface area contributed by atoms with Crippen molar-refractivity contribution in [3.05, 3.63) is 52.6 Å². The van der Waals surface area contributed by atoms with Gasteiger partial charge in [0.05, 0.1) is 13.3 Å². The number of nitrogens with zero attached hydrogens (tertiary/aromatic N) is 3. The summed E-state index contributed by atoms with van der Waals surface area (Å²) < 4.78 is 7.57. The lowest BCUT2D eigenvalue weighted by atomic mass is 10.0. The maximum Gasteiger partial charge on any atom is 0.216 e. The smallest absolute Gasteiger partial charge is 0.216 e. The third-order valence-corrected chi connectivity index (χ3v) is 3.75. The minimum Gasteiger partial charge on any atom is -0.496 e. The molecule has 1 aromatic heterocycles. The summed E-state index contributed by atoms with van der Waals surface area (Å²) in [6.45, 7) is 2.01. The van der Waals surface area contributed by atoms with Crippen LogP contribution in [0.3, 0.4) is 0 Å². The van der Waals surface area contributed by atoms with Crippen molar-refractivity contribution in [1.29, 1.82) is 0 Å². The third kappa shape index (κ3) is 2.53. The molecule has 0 bridgehead atoms. The van der Waals surface area contributed by atoms with Crippen molar-refractivity contribution in [3.8, 4) is 5.75 Å². The SMILES string of the molecule is CCc1n[nH]c(=S)n1N=Cc1c(OC)ccc2ccccc12. The lowest BCUT2D eigenvalue weighted by molar-refractivity contribution is 0.415. The van der Waals surface area contributed by atoms with E-state index in [0.717, 1.165) is 34.3 Å². The monoisotopic (exact) mass is 312 g/mol. The van der Waals surface area contributed by atoms with Gasteiger partial charge in [0, 0.05) is 12.0 Å². The number of aromatic amines is 1. The van der Waals surface area contributed by atoms with Crippen LogP contribution in [0.15, 0.2) is 41.5 Å². The Labute approximate surface area is 133 Å². The van der Waals surface area contributed by atoms with Crippen LogP contribution in [0, 0.1) is 4.77 Å². The van der Waals surface area contributed by atoms with Crippen molar-refractivity contribution in [2.75, 3.05) is 7.11 Å². The van der Waals surface area contributed by atoms with Gasteiger partial charge in [0.25, 0.3) is 0 Å². The number of aryl methyl sites for hydroxylation is 1. The molecule has 3 rings (SSSR count). The Bertz CT molecular complexity index is 895. The van der Waals surface area contributed by atoms with Crippen molar-refractivity contribution < 1.29 is 4.74 Å². The second-order valence-corrected chi connectivity index (χ2v) is 5.14. The van der Waals surface area contributed by atoms with Crippen molar-refractivity contribution >= 4 is 29.2 Å². The van der Waals surface area contributed by atoms with Crippen LogP contribution in [0.4, 0.5) is 0 Å². The molecule has 2 aromatic carbocycles. The molecule has 0 atom stereocenters. The van der Waals surface area contributed by atoms with Gasteiger partial charge in [0.15, 0.2) is 5.82 Å². The van der Waals surface area contributed by atoms with Crippen LogP contribution in [0.2, 0.25) is 0 Å². The van der Waals surface area contributed by atoms with Crippen molar-refractivity contribution in [1.82, 2.24) is 14.9 Å². The molecule has 0 aliphatic heterocycles. The van der Waals surface area contributed by atoms with Crippen LogP contribution in [0.1, 0.15) is 18.3 Å². The van der Waals surface area contributed by atoms with Gasteiger partial charge in [-0.3, -0.25) is 5.10 Å². The summed E-state index contributed by atoms with van der Waals surface area (Å²) in [6, 6.07) is 12.1. The summed E-state index contributed by atoms with van der Waals surface area (Å²) >= 11 is 5.21. The molecule has 0 aliphatic carbocycles. The Morgan fingerprint density at radius 2 is 2.14 bits per heavy atom. The first-order valence-electron chi connectivity index (χ1n) is 7.01. The highest BCUT2D eigenvalue weighted by atomic mass is 32.1. The van der Waals surface area contributed by atoms with Gasteiger partial charge in [0.2, 0.25) is 4.77 Å². The highest BCUT2D eigenvalue weighted by molar-refractivity contribution is 7.71. The van der Waals surface area contributed by atoms with Crippen molar-refractivity contribution in [3.63, 3.8) is 0 Å². The number of hydrogen-bond donors (Lipinski definition) is 1. The van der Waals surface area contributed by atoms with E-state index in [9.17, 15) is 0 Å². The minimum absolute atomic E-state index is 0.479. The number of aromatic nitrogens is 3. The molecule has 5 nitrogen and oxygen atoms in total. The summed E-state index contributed by atoms with van der Waals surface area (Å²) in [4.78, 5) is 0. The average Bonchev–Trinajstić information content (AvgIpc) is 2.92. The van der Waals surface area contributed by atoms with Crippen molar-refractivity contribution in [2.45, 2.75) is 13.3 Å². The molecule has 0 spiro atoms. The van der Waals surface area contributed by atoms with Gasteiger partial charge >= 0.3 is 0 Å². The molecule has 0 fully saturated rings. The second-order valence-electron chi connectivity index (χ2n) is 4.76. The number of ether oxygens (including phenoxy) is 1. The van der Waals surface area contributed by atoms with Crippen LogP contribution in [-0.4, -0.2) is 28.2 Å². The Kier molecular flexibility index (Phi) is 4.02. The number of hydrogen-bond acceptors (Lipinski definition) is 4. The fourth-order valence-electron chi connectivity index (χ4n) is 2.37. The van der Waals surface area contributed by atoms with E-state index < -0.39 is 0 Å². The molecular weight excluding hydrogens is 296 g/mol. The topological polar surface area (TPSA) is 55.2 Å². The van der Waals surface area contributed by atoms with E-state index in [0.29, 0.717) is 4.77 Å². The Hall–Kier alpha value is -2.47. The van der Waals surface area contributed by atoms with Crippen LogP contribution >= 0.6 is 12.2 Å². The van der Waals surface area contributed by atoms with Gasteiger partial charge in [-0.2, -0.15) is 14.9 Å². The predicted octanol–water partition coefficient (Wildman–Crippen LogP) is 3.55. The zero-order valence-corrected chi connectivity index (χ0v) is 13.2. The van der Waals surface area contributed by atoms with Crippen LogP contribution in [0.25, 0.3) is 10.8 Å². The molecule has 0 amide bonds. The fourth-order valence-corrected chi connectivity index (χ4v) is 2.57. The number of benzene rings is 2. The first-order chi connectivity index (χ1) is 10.7. The number of nitrogens with one attached hydrogen (secondary N) is 1. The molecular formula is C16H16N4OS. The molecule has 0 saturated heterocycles. The van der Waals surface area contributed by atoms with Crippen LogP contribution < -0.4 is 4.74 Å². The minimum atomic E-state index is 0.479. The highest BCUT2D eigenvalue weighted by Gasteiger charge is 2.07. The van der Waals surface area contributed by atoms with E-state index >= 15 is 0 Å². The predicted molar refractivity (Wildman–Crippen MR) is 90.3 cm³/mol. The van der Waals surface area contributed by atoms with Gasteiger partial charge in [-0.15, -0.1) is 0 Å². The molecule has 112 valence electrons. The van der Waals surface area contributed by atoms with Gasteiger partial charge < -0.3 is 4.74 Å². The number of H-pyrrole nitrogens is 1. The summed E-state index contributed by atoms with van der Waals surface area (Å²) in [5.41, 5.74) is 0.922. The number of fused-ring (bicyclic) bond motifs is 1. The fraction of sp³-hybridized carbons (Fsp3) is 0.188. The molecule has 0 aliphatic rings. The van der Waals surface area contributed by atoms with Crippen LogP contribution in [-0.2, 0) is 6.42 Å².